The summed E-state index contributed by atoms with van der Waals surface area (Å²) in [5.41, 5.74) is 6.08. The zero-order valence-electron chi connectivity index (χ0n) is 30.5. The van der Waals surface area contributed by atoms with Crippen molar-refractivity contribution >= 4 is 10.4 Å². The third-order valence-electron chi connectivity index (χ3n) is 13.8. The van der Waals surface area contributed by atoms with Gasteiger partial charge < -0.3 is 26.8 Å². The van der Waals surface area contributed by atoms with Crippen LogP contribution in [0.15, 0.2) is 0 Å². The minimum atomic E-state index is -4.46. The molecule has 4 aliphatic rings. The van der Waals surface area contributed by atoms with Crippen molar-refractivity contribution in [1.82, 2.24) is 16.0 Å². The van der Waals surface area contributed by atoms with Crippen molar-refractivity contribution in [2.24, 2.45) is 58.0 Å². The van der Waals surface area contributed by atoms with Gasteiger partial charge in [-0.3, -0.25) is 4.55 Å². The molecule has 276 valence electrons. The summed E-state index contributed by atoms with van der Waals surface area (Å²) in [5, 5.41) is 22.8. The monoisotopic (exact) mass is 685 g/mol. The topological polar surface area (TPSA) is 146 Å². The molecule has 4 fully saturated rings. The Morgan fingerprint density at radius 2 is 1.47 bits per heavy atom. The predicted octanol–water partition coefficient (Wildman–Crippen LogP) is 5.53. The Hall–Kier alpha value is -0.330. The van der Waals surface area contributed by atoms with Crippen LogP contribution >= 0.6 is 0 Å². The van der Waals surface area contributed by atoms with Gasteiger partial charge in [-0.1, -0.05) is 34.6 Å². The van der Waals surface area contributed by atoms with Crippen molar-refractivity contribution in [2.45, 2.75) is 143 Å². The fourth-order valence-corrected chi connectivity index (χ4v) is 11.8. The molecular weight excluding hydrogens is 612 g/mol. The first kappa shape index (κ1) is 39.5. The first-order valence-corrected chi connectivity index (χ1v) is 20.8. The van der Waals surface area contributed by atoms with Crippen LogP contribution in [0.2, 0.25) is 0 Å². The van der Waals surface area contributed by atoms with E-state index in [4.69, 9.17) is 9.92 Å². The summed E-state index contributed by atoms with van der Waals surface area (Å²) < 4.78 is 37.2. The van der Waals surface area contributed by atoms with Crippen molar-refractivity contribution < 1.29 is 22.3 Å². The van der Waals surface area contributed by atoms with Crippen LogP contribution < -0.4 is 21.7 Å². The lowest BCUT2D eigenvalue weighted by atomic mass is 9.43. The van der Waals surface area contributed by atoms with E-state index in [9.17, 15) is 18.1 Å². The Bertz CT molecular complexity index is 1050. The second-order valence-corrected chi connectivity index (χ2v) is 18.1. The zero-order valence-corrected chi connectivity index (χ0v) is 31.3. The van der Waals surface area contributed by atoms with Gasteiger partial charge in [0.15, 0.2) is 0 Å². The summed E-state index contributed by atoms with van der Waals surface area (Å²) in [5.74, 6) is 3.20. The molecule has 7 N–H and O–H groups in total. The summed E-state index contributed by atoms with van der Waals surface area (Å²) in [6, 6.07) is 0.571. The highest BCUT2D eigenvalue weighted by atomic mass is 32.3. The largest absolute Gasteiger partial charge is 0.397 e. The maximum atomic E-state index is 11.8. The van der Waals surface area contributed by atoms with Crippen LogP contribution in [0.5, 0.6) is 0 Å². The van der Waals surface area contributed by atoms with Gasteiger partial charge in [-0.25, -0.2) is 4.18 Å². The number of rotatable bonds is 20. The Balaban J connectivity index is 1.23. The molecule has 4 aliphatic carbocycles. The molecule has 47 heavy (non-hydrogen) atoms. The number of unbranched alkanes of at least 4 members (excludes halogenated alkanes) is 1. The highest BCUT2D eigenvalue weighted by Crippen LogP contribution is 2.68. The van der Waals surface area contributed by atoms with Crippen LogP contribution in [-0.2, 0) is 14.6 Å². The molecule has 4 rings (SSSR count). The second kappa shape index (κ2) is 17.7. The van der Waals surface area contributed by atoms with E-state index in [-0.39, 0.29) is 17.4 Å². The number of aliphatic hydroxyl groups is 1. The van der Waals surface area contributed by atoms with Crippen LogP contribution in [0.25, 0.3) is 0 Å². The number of aliphatic hydroxyl groups excluding tert-OH is 1. The van der Waals surface area contributed by atoms with Crippen LogP contribution in [-0.4, -0.2) is 75.6 Å². The van der Waals surface area contributed by atoms with E-state index >= 15 is 0 Å². The molecule has 0 aliphatic heterocycles. The van der Waals surface area contributed by atoms with Gasteiger partial charge in [0, 0.05) is 6.04 Å². The second-order valence-electron chi connectivity index (χ2n) is 17.0. The quantitative estimate of drug-likeness (QED) is 0.0720. The summed E-state index contributed by atoms with van der Waals surface area (Å²) in [6.07, 6.45) is 15.0. The maximum absolute atomic E-state index is 11.8. The van der Waals surface area contributed by atoms with Crippen LogP contribution in [0.3, 0.4) is 0 Å². The minimum absolute atomic E-state index is 0.0137. The van der Waals surface area contributed by atoms with Crippen molar-refractivity contribution in [3.63, 3.8) is 0 Å². The van der Waals surface area contributed by atoms with Crippen molar-refractivity contribution in [1.29, 1.82) is 0 Å². The number of hydrogen-bond acceptors (Lipinski definition) is 8. The Morgan fingerprint density at radius 3 is 2.13 bits per heavy atom. The molecule has 4 saturated carbocycles. The van der Waals surface area contributed by atoms with Gasteiger partial charge in [-0.05, 0) is 181 Å². The van der Waals surface area contributed by atoms with E-state index in [0.29, 0.717) is 53.4 Å². The normalized spacial score (nSPS) is 36.9. The number of nitrogens with two attached hydrogens (primary N) is 1. The molecule has 0 aromatic rings. The van der Waals surface area contributed by atoms with E-state index in [1.165, 1.54) is 57.8 Å². The lowest BCUT2D eigenvalue weighted by molar-refractivity contribution is -0.167. The first-order chi connectivity index (χ1) is 22.3. The summed E-state index contributed by atoms with van der Waals surface area (Å²) in [6.45, 7) is 17.4. The fraction of sp³-hybridized carbons (Fsp3) is 1.00. The maximum Gasteiger partial charge on any atom is 0.397 e. The average molecular weight is 685 g/mol. The summed E-state index contributed by atoms with van der Waals surface area (Å²) in [4.78, 5) is 0. The van der Waals surface area contributed by atoms with E-state index in [0.717, 1.165) is 65.0 Å². The number of nitrogens with one attached hydrogen (secondary N) is 3. The van der Waals surface area contributed by atoms with E-state index < -0.39 is 16.5 Å². The van der Waals surface area contributed by atoms with Crippen molar-refractivity contribution in [3.05, 3.63) is 0 Å². The van der Waals surface area contributed by atoms with Gasteiger partial charge in [0.1, 0.15) is 0 Å². The molecule has 0 aromatic heterocycles. The molecule has 10 heteroatoms. The minimum Gasteiger partial charge on any atom is -0.393 e. The van der Waals surface area contributed by atoms with E-state index in [2.05, 4.69) is 36.7 Å². The molecule has 0 saturated heterocycles. The van der Waals surface area contributed by atoms with E-state index in [1.54, 1.807) is 0 Å². The number of fused-ring (bicyclic) bond motifs is 5. The standard InChI is InChI=1S/C37H72N4O5S/c1-26(2)34(46-47(43,44)45)13-10-27(3)30-11-12-31-35-32(15-17-37(30,31)5)36(4)16-14-29(24-28(36)25-33(35)42)41-23-9-22-40-20-7-6-19-39-21-8-18-38/h26-35,39-42H,6-25,38H2,1-5H3,(H,43,44,45)/t27?,28?,29-,30?,31?,32?,33+,34+,35?,36-,37+/m0/s1. The molecule has 0 heterocycles. The lowest BCUT2D eigenvalue weighted by Crippen LogP contribution is -2.59. The molecule has 9 nitrogen and oxygen atoms in total. The van der Waals surface area contributed by atoms with Gasteiger partial charge >= 0.3 is 10.4 Å². The smallest absolute Gasteiger partial charge is 0.393 e. The summed E-state index contributed by atoms with van der Waals surface area (Å²) >= 11 is 0. The van der Waals surface area contributed by atoms with Crippen molar-refractivity contribution in [3.8, 4) is 0 Å². The average Bonchev–Trinajstić information content (AvgIpc) is 3.36. The number of hydrogen-bond donors (Lipinski definition) is 6. The molecule has 6 unspecified atom stereocenters. The van der Waals surface area contributed by atoms with Crippen LogP contribution in [0.1, 0.15) is 125 Å². The first-order valence-electron chi connectivity index (χ1n) is 19.5. The van der Waals surface area contributed by atoms with Crippen molar-refractivity contribution in [2.75, 3.05) is 39.3 Å². The highest BCUT2D eigenvalue weighted by molar-refractivity contribution is 7.80. The lowest BCUT2D eigenvalue weighted by Gasteiger charge is -2.62. The summed E-state index contributed by atoms with van der Waals surface area (Å²) in [7, 11) is -4.46. The highest BCUT2D eigenvalue weighted by Gasteiger charge is 2.62. The fourth-order valence-electron chi connectivity index (χ4n) is 11.2. The van der Waals surface area contributed by atoms with Crippen LogP contribution in [0, 0.1) is 52.3 Å². The molecular formula is C37H72N4O5S. The molecule has 0 radical (unpaired) electrons. The Labute approximate surface area is 288 Å². The third-order valence-corrected chi connectivity index (χ3v) is 14.3. The SMILES string of the molecule is CC(CC[C@@H](OS(=O)(=O)O)C(C)C)C1CCC2C3C(CC[C@]12C)[C@@]1(C)CC[C@H](NCCCNCCCCNCCCN)CC1C[C@H]3O. The van der Waals surface area contributed by atoms with Gasteiger partial charge in [0.25, 0.3) is 0 Å². The van der Waals surface area contributed by atoms with Gasteiger partial charge in [0.2, 0.25) is 0 Å². The van der Waals surface area contributed by atoms with Gasteiger partial charge in [0.05, 0.1) is 12.2 Å². The Morgan fingerprint density at radius 1 is 0.830 bits per heavy atom. The molecule has 11 atom stereocenters. The predicted molar refractivity (Wildman–Crippen MR) is 191 cm³/mol. The Kier molecular flexibility index (Phi) is 14.9. The molecule has 0 aromatic carbocycles. The zero-order chi connectivity index (χ0) is 34.2. The molecule has 0 spiro atoms. The van der Waals surface area contributed by atoms with Gasteiger partial charge in [-0.15, -0.1) is 0 Å². The molecule has 0 amide bonds. The van der Waals surface area contributed by atoms with Gasteiger partial charge in [-0.2, -0.15) is 8.42 Å². The van der Waals surface area contributed by atoms with Crippen LogP contribution in [0.4, 0.5) is 0 Å². The van der Waals surface area contributed by atoms with E-state index in [1.807, 2.05) is 13.8 Å². The molecule has 0 bridgehead atoms. The third kappa shape index (κ3) is 10.1.